The van der Waals surface area contributed by atoms with Gasteiger partial charge in [-0.05, 0) is 62.1 Å². The molecular weight excluding hydrogens is 442 g/mol. The van der Waals surface area contributed by atoms with Crippen molar-refractivity contribution in [2.24, 2.45) is 10.9 Å². The molecule has 2 fully saturated rings. The normalized spacial score (nSPS) is 19.1. The van der Waals surface area contributed by atoms with Crippen LogP contribution in [0.25, 0.3) is 0 Å². The third kappa shape index (κ3) is 4.91. The van der Waals surface area contributed by atoms with Gasteiger partial charge in [-0.3, -0.25) is 19.1 Å². The molecule has 158 valence electrons. The summed E-state index contributed by atoms with van der Waals surface area (Å²) in [6.45, 7) is 1.21. The summed E-state index contributed by atoms with van der Waals surface area (Å²) in [5, 5.41) is 0. The number of piperidine rings is 1. The van der Waals surface area contributed by atoms with Crippen molar-refractivity contribution in [2.45, 2.75) is 51.0 Å². The highest BCUT2D eigenvalue weighted by molar-refractivity contribution is 9.10. The molecule has 4 rings (SSSR count). The van der Waals surface area contributed by atoms with Crippen molar-refractivity contribution in [3.63, 3.8) is 0 Å². The van der Waals surface area contributed by atoms with E-state index in [0.717, 1.165) is 22.8 Å². The molecule has 1 aliphatic heterocycles. The first kappa shape index (κ1) is 21.0. The first-order chi connectivity index (χ1) is 14.6. The predicted octanol–water partition coefficient (Wildman–Crippen LogP) is 4.68. The average molecular weight is 470 g/mol. The molecule has 0 atom stereocenters. The van der Waals surface area contributed by atoms with Crippen LogP contribution < -0.4 is 5.49 Å². The Morgan fingerprint density at radius 2 is 1.60 bits per heavy atom. The molecule has 1 saturated carbocycles. The zero-order valence-electron chi connectivity index (χ0n) is 17.2. The summed E-state index contributed by atoms with van der Waals surface area (Å²) in [4.78, 5) is 32.7. The van der Waals surface area contributed by atoms with Crippen LogP contribution in [-0.4, -0.2) is 40.4 Å². The van der Waals surface area contributed by atoms with Gasteiger partial charge in [-0.1, -0.05) is 41.3 Å². The van der Waals surface area contributed by atoms with Crippen molar-refractivity contribution in [3.05, 3.63) is 64.2 Å². The molecule has 2 heterocycles. The number of carbonyl (C=O) groups excluding carboxylic acids is 2. The summed E-state index contributed by atoms with van der Waals surface area (Å²) >= 11 is 3.40. The van der Waals surface area contributed by atoms with Gasteiger partial charge >= 0.3 is 0 Å². The van der Waals surface area contributed by atoms with Gasteiger partial charge in [0.1, 0.15) is 5.49 Å². The number of aromatic nitrogens is 1. The zero-order valence-corrected chi connectivity index (χ0v) is 18.8. The predicted molar refractivity (Wildman–Crippen MR) is 120 cm³/mol. The lowest BCUT2D eigenvalue weighted by molar-refractivity contribution is 0.0618. The lowest BCUT2D eigenvalue weighted by Crippen LogP contribution is -2.42. The van der Waals surface area contributed by atoms with Gasteiger partial charge < -0.3 is 4.90 Å². The Balaban J connectivity index is 1.43. The number of amides is 1. The van der Waals surface area contributed by atoms with Gasteiger partial charge in [0.05, 0.1) is 6.04 Å². The SMILES string of the molecule is O=C(c1ccc(Br)cc1)N1CCC(C(=O)n2ccccc2=NC2CCCCC2)CC1. The van der Waals surface area contributed by atoms with Crippen molar-refractivity contribution in [1.29, 1.82) is 0 Å². The molecule has 2 aromatic rings. The second kappa shape index (κ2) is 9.73. The van der Waals surface area contributed by atoms with Crippen LogP contribution in [0.1, 0.15) is 60.1 Å². The Hall–Kier alpha value is -2.21. The van der Waals surface area contributed by atoms with Gasteiger partial charge in [-0.25, -0.2) is 0 Å². The molecule has 0 radical (unpaired) electrons. The first-order valence-corrected chi connectivity index (χ1v) is 11.7. The van der Waals surface area contributed by atoms with E-state index in [4.69, 9.17) is 4.99 Å². The molecular formula is C24H28BrN3O2. The van der Waals surface area contributed by atoms with E-state index >= 15 is 0 Å². The fourth-order valence-corrected chi connectivity index (χ4v) is 4.69. The van der Waals surface area contributed by atoms with Gasteiger partial charge in [0.15, 0.2) is 0 Å². The fourth-order valence-electron chi connectivity index (χ4n) is 4.42. The molecule has 1 amide bonds. The number of hydrogen-bond donors (Lipinski definition) is 0. The summed E-state index contributed by atoms with van der Waals surface area (Å²) in [6.07, 6.45) is 9.16. The Morgan fingerprint density at radius 3 is 2.30 bits per heavy atom. The molecule has 0 bridgehead atoms. The van der Waals surface area contributed by atoms with Crippen LogP contribution in [0.4, 0.5) is 0 Å². The van der Waals surface area contributed by atoms with Crippen LogP contribution in [0, 0.1) is 5.92 Å². The molecule has 5 nitrogen and oxygen atoms in total. The summed E-state index contributed by atoms with van der Waals surface area (Å²) in [5.41, 5.74) is 1.46. The van der Waals surface area contributed by atoms with E-state index in [1.165, 1.54) is 19.3 Å². The van der Waals surface area contributed by atoms with Crippen LogP contribution in [-0.2, 0) is 0 Å². The fraction of sp³-hybridized carbons (Fsp3) is 0.458. The maximum absolute atomic E-state index is 13.2. The van der Waals surface area contributed by atoms with Gasteiger partial charge in [-0.2, -0.15) is 0 Å². The molecule has 2 aliphatic rings. The van der Waals surface area contributed by atoms with E-state index in [-0.39, 0.29) is 17.7 Å². The highest BCUT2D eigenvalue weighted by Crippen LogP contribution is 2.22. The van der Waals surface area contributed by atoms with Crippen LogP contribution in [0.15, 0.2) is 58.1 Å². The lowest BCUT2D eigenvalue weighted by Gasteiger charge is -2.31. The summed E-state index contributed by atoms with van der Waals surface area (Å²) in [5.74, 6) is 0.0568. The largest absolute Gasteiger partial charge is 0.339 e. The molecule has 1 aromatic heterocycles. The van der Waals surface area contributed by atoms with Crippen LogP contribution >= 0.6 is 15.9 Å². The van der Waals surface area contributed by atoms with E-state index in [2.05, 4.69) is 15.9 Å². The highest BCUT2D eigenvalue weighted by atomic mass is 79.9. The minimum Gasteiger partial charge on any atom is -0.339 e. The molecule has 0 N–H and O–H groups in total. The second-order valence-electron chi connectivity index (χ2n) is 8.26. The van der Waals surface area contributed by atoms with Gasteiger partial charge in [0.25, 0.3) is 5.91 Å². The number of likely N-dealkylation sites (tertiary alicyclic amines) is 1. The van der Waals surface area contributed by atoms with Crippen molar-refractivity contribution < 1.29 is 9.59 Å². The monoisotopic (exact) mass is 469 g/mol. The minimum absolute atomic E-state index is 0.0359. The van der Waals surface area contributed by atoms with Crippen LogP contribution in [0.5, 0.6) is 0 Å². The summed E-state index contributed by atoms with van der Waals surface area (Å²) in [7, 11) is 0. The summed E-state index contributed by atoms with van der Waals surface area (Å²) < 4.78 is 2.68. The van der Waals surface area contributed by atoms with Crippen molar-refractivity contribution in [1.82, 2.24) is 9.47 Å². The van der Waals surface area contributed by atoms with Crippen LogP contribution in [0.3, 0.4) is 0 Å². The molecule has 1 saturated heterocycles. The number of rotatable bonds is 3. The quantitative estimate of drug-likeness (QED) is 0.655. The molecule has 1 aromatic carbocycles. The Bertz CT molecular complexity index is 953. The van der Waals surface area contributed by atoms with E-state index in [1.54, 1.807) is 4.57 Å². The second-order valence-corrected chi connectivity index (χ2v) is 9.18. The number of hydrogen-bond acceptors (Lipinski definition) is 3. The van der Waals surface area contributed by atoms with Gasteiger partial charge in [0.2, 0.25) is 5.91 Å². The van der Waals surface area contributed by atoms with Crippen molar-refractivity contribution in [2.75, 3.05) is 13.1 Å². The minimum atomic E-state index is -0.0772. The van der Waals surface area contributed by atoms with Crippen LogP contribution in [0.2, 0.25) is 0 Å². The average Bonchev–Trinajstić information content (AvgIpc) is 2.80. The molecule has 30 heavy (non-hydrogen) atoms. The van der Waals surface area contributed by atoms with Gasteiger partial charge in [0, 0.05) is 35.2 Å². The maximum Gasteiger partial charge on any atom is 0.253 e. The lowest BCUT2D eigenvalue weighted by atomic mass is 9.95. The standard InChI is InChI=1S/C24H28BrN3O2/c25-20-11-9-18(10-12-20)23(29)27-16-13-19(14-17-27)24(30)28-15-5-4-8-22(28)26-21-6-2-1-3-7-21/h4-5,8-12,15,19,21H,1-3,6-7,13-14,16-17H2. The number of nitrogens with zero attached hydrogens (tertiary/aromatic N) is 3. The van der Waals surface area contributed by atoms with E-state index in [0.29, 0.717) is 37.5 Å². The first-order valence-electron chi connectivity index (χ1n) is 10.9. The Labute approximate surface area is 185 Å². The topological polar surface area (TPSA) is 54.7 Å². The molecule has 0 spiro atoms. The third-order valence-electron chi connectivity index (χ3n) is 6.19. The van der Waals surface area contributed by atoms with E-state index < -0.39 is 0 Å². The Kier molecular flexibility index (Phi) is 6.82. The highest BCUT2D eigenvalue weighted by Gasteiger charge is 2.29. The number of benzene rings is 1. The number of pyridine rings is 1. The van der Waals surface area contributed by atoms with Gasteiger partial charge in [-0.15, -0.1) is 0 Å². The zero-order chi connectivity index (χ0) is 20.9. The van der Waals surface area contributed by atoms with Crippen molar-refractivity contribution in [3.8, 4) is 0 Å². The smallest absolute Gasteiger partial charge is 0.253 e. The Morgan fingerprint density at radius 1 is 0.900 bits per heavy atom. The summed E-state index contributed by atoms with van der Waals surface area (Å²) in [6, 6.07) is 13.5. The molecule has 6 heteroatoms. The van der Waals surface area contributed by atoms with Crippen molar-refractivity contribution >= 4 is 27.7 Å². The third-order valence-corrected chi connectivity index (χ3v) is 6.72. The van der Waals surface area contributed by atoms with E-state index in [9.17, 15) is 9.59 Å². The molecule has 1 aliphatic carbocycles. The number of carbonyl (C=O) groups is 2. The van der Waals surface area contributed by atoms with E-state index in [1.807, 2.05) is 53.6 Å². The maximum atomic E-state index is 13.2. The molecule has 0 unspecified atom stereocenters. The number of halogens is 1.